The van der Waals surface area contributed by atoms with E-state index in [1.807, 2.05) is 18.2 Å². The number of hydrogen-bond donors (Lipinski definition) is 2. The van der Waals surface area contributed by atoms with Gasteiger partial charge in [0.1, 0.15) is 0 Å². The van der Waals surface area contributed by atoms with E-state index in [0.29, 0.717) is 23.5 Å². The number of benzene rings is 1. The molecule has 20 heavy (non-hydrogen) atoms. The van der Waals surface area contributed by atoms with E-state index in [4.69, 9.17) is 5.73 Å². The molecule has 3 N–H and O–H groups in total. The van der Waals surface area contributed by atoms with Crippen LogP contribution in [0.4, 0.5) is 5.69 Å². The fourth-order valence-electron chi connectivity index (χ4n) is 2.01. The molecule has 0 spiro atoms. The average molecular weight is 269 g/mol. The Labute approximate surface area is 119 Å². The number of amides is 1. The lowest BCUT2D eigenvalue weighted by atomic mass is 10.1. The van der Waals surface area contributed by atoms with E-state index in [-0.39, 0.29) is 5.91 Å². The Bertz CT molecular complexity index is 582. The van der Waals surface area contributed by atoms with Crippen LogP contribution in [-0.4, -0.2) is 17.4 Å². The molecule has 4 nitrogen and oxygen atoms in total. The van der Waals surface area contributed by atoms with Crippen molar-refractivity contribution < 1.29 is 4.79 Å². The summed E-state index contributed by atoms with van der Waals surface area (Å²) in [6, 6.07) is 11.9. The lowest BCUT2D eigenvalue weighted by molar-refractivity contribution is 0.0952. The van der Waals surface area contributed by atoms with Crippen molar-refractivity contribution in [1.82, 2.24) is 10.3 Å². The van der Waals surface area contributed by atoms with Crippen LogP contribution in [0.5, 0.6) is 0 Å². The molecule has 0 aliphatic carbocycles. The second-order valence-corrected chi connectivity index (χ2v) is 4.75. The number of nitrogens with one attached hydrogen (secondary N) is 1. The molecule has 0 saturated carbocycles. The Morgan fingerprint density at radius 2 is 2.05 bits per heavy atom. The van der Waals surface area contributed by atoms with Crippen LogP contribution in [0.15, 0.2) is 42.6 Å². The summed E-state index contributed by atoms with van der Waals surface area (Å²) >= 11 is 0. The largest absolute Gasteiger partial charge is 0.397 e. The molecule has 1 amide bonds. The van der Waals surface area contributed by atoms with Crippen LogP contribution in [0, 0.1) is 6.92 Å². The highest BCUT2D eigenvalue weighted by Gasteiger charge is 2.09. The van der Waals surface area contributed by atoms with Crippen LogP contribution in [0.3, 0.4) is 0 Å². The number of hydrogen-bond acceptors (Lipinski definition) is 3. The van der Waals surface area contributed by atoms with Gasteiger partial charge in [-0.05, 0) is 31.4 Å². The molecule has 0 saturated heterocycles. The van der Waals surface area contributed by atoms with Crippen molar-refractivity contribution in [3.63, 3.8) is 0 Å². The van der Waals surface area contributed by atoms with Crippen molar-refractivity contribution in [2.45, 2.75) is 19.8 Å². The van der Waals surface area contributed by atoms with Gasteiger partial charge < -0.3 is 11.1 Å². The SMILES string of the molecule is Cc1ncc(N)cc1C(=O)NCCCc1ccccc1. The van der Waals surface area contributed by atoms with Crippen LogP contribution in [0.1, 0.15) is 28.0 Å². The molecular weight excluding hydrogens is 250 g/mol. The van der Waals surface area contributed by atoms with Gasteiger partial charge in [0.05, 0.1) is 23.1 Å². The van der Waals surface area contributed by atoms with Crippen molar-refractivity contribution in [3.8, 4) is 0 Å². The van der Waals surface area contributed by atoms with Crippen LogP contribution >= 0.6 is 0 Å². The number of nitrogen functional groups attached to an aromatic ring is 1. The van der Waals surface area contributed by atoms with Crippen molar-refractivity contribution >= 4 is 11.6 Å². The summed E-state index contributed by atoms with van der Waals surface area (Å²) in [5, 5.41) is 2.90. The molecule has 1 aromatic heterocycles. The minimum Gasteiger partial charge on any atom is -0.397 e. The van der Waals surface area contributed by atoms with Crippen LogP contribution in [-0.2, 0) is 6.42 Å². The molecule has 1 heterocycles. The molecular formula is C16H19N3O. The predicted molar refractivity (Wildman–Crippen MR) is 80.5 cm³/mol. The van der Waals surface area contributed by atoms with E-state index in [1.165, 1.54) is 5.56 Å². The van der Waals surface area contributed by atoms with E-state index in [0.717, 1.165) is 12.8 Å². The van der Waals surface area contributed by atoms with E-state index in [1.54, 1.807) is 19.2 Å². The Morgan fingerprint density at radius 3 is 2.80 bits per heavy atom. The number of aryl methyl sites for hydroxylation is 2. The third kappa shape index (κ3) is 3.82. The molecule has 104 valence electrons. The second kappa shape index (κ2) is 6.70. The minimum absolute atomic E-state index is 0.115. The molecule has 0 atom stereocenters. The second-order valence-electron chi connectivity index (χ2n) is 4.75. The first kappa shape index (κ1) is 14.1. The number of carbonyl (C=O) groups is 1. The fraction of sp³-hybridized carbons (Fsp3) is 0.250. The fourth-order valence-corrected chi connectivity index (χ4v) is 2.01. The normalized spacial score (nSPS) is 10.2. The smallest absolute Gasteiger partial charge is 0.253 e. The van der Waals surface area contributed by atoms with Crippen LogP contribution in [0.2, 0.25) is 0 Å². The zero-order valence-electron chi connectivity index (χ0n) is 11.6. The van der Waals surface area contributed by atoms with E-state index in [2.05, 4.69) is 22.4 Å². The summed E-state index contributed by atoms with van der Waals surface area (Å²) in [5.74, 6) is -0.115. The summed E-state index contributed by atoms with van der Waals surface area (Å²) in [5.41, 5.74) is 8.68. The quantitative estimate of drug-likeness (QED) is 0.819. The van der Waals surface area contributed by atoms with Gasteiger partial charge in [0.15, 0.2) is 0 Å². The third-order valence-corrected chi connectivity index (χ3v) is 3.12. The van der Waals surface area contributed by atoms with E-state index >= 15 is 0 Å². The molecule has 4 heteroatoms. The van der Waals surface area contributed by atoms with Gasteiger partial charge >= 0.3 is 0 Å². The zero-order valence-corrected chi connectivity index (χ0v) is 11.6. The van der Waals surface area contributed by atoms with Gasteiger partial charge in [0.2, 0.25) is 0 Å². The molecule has 0 fully saturated rings. The van der Waals surface area contributed by atoms with Gasteiger partial charge in [-0.15, -0.1) is 0 Å². The summed E-state index contributed by atoms with van der Waals surface area (Å²) in [7, 11) is 0. The molecule has 2 rings (SSSR count). The third-order valence-electron chi connectivity index (χ3n) is 3.12. The maximum Gasteiger partial charge on any atom is 0.253 e. The molecule has 0 radical (unpaired) electrons. The highest BCUT2D eigenvalue weighted by Crippen LogP contribution is 2.09. The lowest BCUT2D eigenvalue weighted by Gasteiger charge is -2.08. The Morgan fingerprint density at radius 1 is 1.30 bits per heavy atom. The standard InChI is InChI=1S/C16H19N3O/c1-12-15(10-14(17)11-19-12)16(20)18-9-5-8-13-6-3-2-4-7-13/h2-4,6-7,10-11H,5,8-9,17H2,1H3,(H,18,20). The van der Waals surface area contributed by atoms with Crippen molar-refractivity contribution in [3.05, 3.63) is 59.4 Å². The van der Waals surface area contributed by atoms with Gasteiger partial charge in [0.25, 0.3) is 5.91 Å². The molecule has 2 aromatic rings. The minimum atomic E-state index is -0.115. The Hall–Kier alpha value is -2.36. The maximum atomic E-state index is 12.0. The number of pyridine rings is 1. The number of rotatable bonds is 5. The van der Waals surface area contributed by atoms with Gasteiger partial charge in [-0.2, -0.15) is 0 Å². The number of nitrogens with two attached hydrogens (primary N) is 1. The average Bonchev–Trinajstić information content (AvgIpc) is 2.47. The first-order chi connectivity index (χ1) is 9.66. The van der Waals surface area contributed by atoms with Gasteiger partial charge in [-0.1, -0.05) is 30.3 Å². The summed E-state index contributed by atoms with van der Waals surface area (Å²) < 4.78 is 0. The molecule has 1 aromatic carbocycles. The van der Waals surface area contributed by atoms with Crippen molar-refractivity contribution in [2.24, 2.45) is 0 Å². The predicted octanol–water partition coefficient (Wildman–Crippen LogP) is 2.33. The Kier molecular flexibility index (Phi) is 4.71. The number of aromatic nitrogens is 1. The Balaban J connectivity index is 1.82. The molecule has 0 unspecified atom stereocenters. The first-order valence-electron chi connectivity index (χ1n) is 6.71. The van der Waals surface area contributed by atoms with E-state index < -0.39 is 0 Å². The number of carbonyl (C=O) groups excluding carboxylic acids is 1. The monoisotopic (exact) mass is 269 g/mol. The highest BCUT2D eigenvalue weighted by atomic mass is 16.1. The zero-order chi connectivity index (χ0) is 14.4. The molecule has 0 aliphatic rings. The first-order valence-corrected chi connectivity index (χ1v) is 6.71. The molecule has 0 aliphatic heterocycles. The maximum absolute atomic E-state index is 12.0. The van der Waals surface area contributed by atoms with Gasteiger partial charge in [0, 0.05) is 6.54 Å². The van der Waals surface area contributed by atoms with Crippen molar-refractivity contribution in [2.75, 3.05) is 12.3 Å². The van der Waals surface area contributed by atoms with Crippen LogP contribution in [0.25, 0.3) is 0 Å². The topological polar surface area (TPSA) is 68.0 Å². The lowest BCUT2D eigenvalue weighted by Crippen LogP contribution is -2.26. The van der Waals surface area contributed by atoms with Gasteiger partial charge in [-0.25, -0.2) is 0 Å². The summed E-state index contributed by atoms with van der Waals surface area (Å²) in [4.78, 5) is 16.1. The number of anilines is 1. The summed E-state index contributed by atoms with van der Waals surface area (Å²) in [6.07, 6.45) is 3.42. The molecule has 0 bridgehead atoms. The highest BCUT2D eigenvalue weighted by molar-refractivity contribution is 5.95. The van der Waals surface area contributed by atoms with Crippen LogP contribution < -0.4 is 11.1 Å². The number of nitrogens with zero attached hydrogens (tertiary/aromatic N) is 1. The van der Waals surface area contributed by atoms with E-state index in [9.17, 15) is 4.79 Å². The van der Waals surface area contributed by atoms with Crippen molar-refractivity contribution in [1.29, 1.82) is 0 Å². The van der Waals surface area contributed by atoms with Gasteiger partial charge in [-0.3, -0.25) is 9.78 Å². The summed E-state index contributed by atoms with van der Waals surface area (Å²) in [6.45, 7) is 2.44.